The highest BCUT2D eigenvalue weighted by Crippen LogP contribution is 2.38. The summed E-state index contributed by atoms with van der Waals surface area (Å²) in [5.74, 6) is 1.37. The van der Waals surface area contributed by atoms with Crippen molar-refractivity contribution in [1.29, 1.82) is 0 Å². The van der Waals surface area contributed by atoms with Gasteiger partial charge in [-0.15, -0.1) is 0 Å². The number of hydrogen-bond donors (Lipinski definition) is 0. The van der Waals surface area contributed by atoms with Crippen LogP contribution in [0.15, 0.2) is 48.5 Å². The Kier molecular flexibility index (Phi) is 3.43. The van der Waals surface area contributed by atoms with Gasteiger partial charge in [-0.05, 0) is 41.9 Å². The van der Waals surface area contributed by atoms with Crippen molar-refractivity contribution in [3.8, 4) is 0 Å². The highest BCUT2D eigenvalue weighted by atomic mass is 16.1. The van der Waals surface area contributed by atoms with E-state index in [-0.39, 0.29) is 5.78 Å². The molecule has 0 heterocycles. The normalized spacial score (nSPS) is 17.2. The number of ketones is 1. The topological polar surface area (TPSA) is 17.1 Å². The van der Waals surface area contributed by atoms with Gasteiger partial charge >= 0.3 is 0 Å². The van der Waals surface area contributed by atoms with E-state index < -0.39 is 0 Å². The van der Waals surface area contributed by atoms with Crippen molar-refractivity contribution in [3.05, 3.63) is 70.8 Å². The fourth-order valence-corrected chi connectivity index (χ4v) is 3.22. The minimum absolute atomic E-state index is 0.128. The van der Waals surface area contributed by atoms with Crippen molar-refractivity contribution in [2.45, 2.75) is 32.6 Å². The second-order valence-electron chi connectivity index (χ2n) is 6.00. The summed E-state index contributed by atoms with van der Waals surface area (Å²) in [6.07, 6.45) is 2.37. The molecule has 0 spiro atoms. The fraction of sp³-hybridized carbons (Fsp3) is 0.316. The molecule has 102 valence electrons. The molecular weight excluding hydrogens is 244 g/mol. The molecule has 0 fully saturated rings. The Morgan fingerprint density at radius 1 is 1.05 bits per heavy atom. The van der Waals surface area contributed by atoms with E-state index in [1.807, 2.05) is 36.4 Å². The third kappa shape index (κ3) is 2.29. The average Bonchev–Trinajstić information content (AvgIpc) is 2.90. The Bertz CT molecular complexity index is 625. The molecule has 0 amide bonds. The lowest BCUT2D eigenvalue weighted by molar-refractivity contribution is 0.103. The summed E-state index contributed by atoms with van der Waals surface area (Å²) in [6, 6.07) is 15.8. The monoisotopic (exact) mass is 264 g/mol. The van der Waals surface area contributed by atoms with Crippen LogP contribution in [0.5, 0.6) is 0 Å². The highest BCUT2D eigenvalue weighted by molar-refractivity contribution is 6.09. The number of aryl methyl sites for hydroxylation is 1. The zero-order valence-corrected chi connectivity index (χ0v) is 12.1. The molecule has 0 bridgehead atoms. The second-order valence-corrected chi connectivity index (χ2v) is 6.00. The zero-order valence-electron chi connectivity index (χ0n) is 12.1. The molecule has 20 heavy (non-hydrogen) atoms. The van der Waals surface area contributed by atoms with Gasteiger partial charge in [0.05, 0.1) is 0 Å². The molecule has 0 unspecified atom stereocenters. The van der Waals surface area contributed by atoms with Crippen LogP contribution in [0.2, 0.25) is 0 Å². The van der Waals surface area contributed by atoms with Gasteiger partial charge in [0.15, 0.2) is 5.78 Å². The molecule has 1 nitrogen and oxygen atoms in total. The number of carbonyl (C=O) groups excluding carboxylic acids is 1. The maximum Gasteiger partial charge on any atom is 0.193 e. The predicted molar refractivity (Wildman–Crippen MR) is 82.2 cm³/mol. The molecule has 1 atom stereocenters. The van der Waals surface area contributed by atoms with Crippen LogP contribution in [-0.2, 0) is 6.42 Å². The standard InChI is InChI=1S/C19H20O/c1-13(2)17-11-10-14-8-9-16(12-18(14)17)19(20)15-6-4-3-5-7-15/h3-9,12-13,17H,10-11H2,1-2H3/t17-/m0/s1. The average molecular weight is 264 g/mol. The summed E-state index contributed by atoms with van der Waals surface area (Å²) in [7, 11) is 0. The van der Waals surface area contributed by atoms with Crippen LogP contribution in [0.25, 0.3) is 0 Å². The Hall–Kier alpha value is -1.89. The Labute approximate surface area is 120 Å². The first kappa shape index (κ1) is 13.1. The van der Waals surface area contributed by atoms with Crippen LogP contribution < -0.4 is 0 Å². The van der Waals surface area contributed by atoms with E-state index in [2.05, 4.69) is 26.0 Å². The quantitative estimate of drug-likeness (QED) is 0.740. The molecular formula is C19H20O. The van der Waals surface area contributed by atoms with Crippen molar-refractivity contribution < 1.29 is 4.79 Å². The lowest BCUT2D eigenvalue weighted by Gasteiger charge is -2.16. The van der Waals surface area contributed by atoms with Gasteiger partial charge in [0, 0.05) is 11.1 Å². The maximum absolute atomic E-state index is 12.5. The van der Waals surface area contributed by atoms with Gasteiger partial charge in [0.1, 0.15) is 0 Å². The molecule has 0 aliphatic heterocycles. The van der Waals surface area contributed by atoms with E-state index >= 15 is 0 Å². The SMILES string of the molecule is CC(C)[C@@H]1CCc2ccc(C(=O)c3ccccc3)cc21. The number of hydrogen-bond acceptors (Lipinski definition) is 1. The summed E-state index contributed by atoms with van der Waals surface area (Å²) < 4.78 is 0. The van der Waals surface area contributed by atoms with Gasteiger partial charge in [-0.2, -0.15) is 0 Å². The first-order chi connectivity index (χ1) is 9.66. The van der Waals surface area contributed by atoms with Gasteiger partial charge < -0.3 is 0 Å². The van der Waals surface area contributed by atoms with E-state index in [9.17, 15) is 4.79 Å². The molecule has 1 aliphatic rings. The lowest BCUT2D eigenvalue weighted by Crippen LogP contribution is -2.05. The minimum atomic E-state index is 0.128. The number of carbonyl (C=O) groups is 1. The first-order valence-corrected chi connectivity index (χ1v) is 7.39. The van der Waals surface area contributed by atoms with Gasteiger partial charge in [0.2, 0.25) is 0 Å². The fourth-order valence-electron chi connectivity index (χ4n) is 3.22. The van der Waals surface area contributed by atoms with Crippen LogP contribution in [0.1, 0.15) is 53.2 Å². The van der Waals surface area contributed by atoms with Crippen LogP contribution in [0.3, 0.4) is 0 Å². The molecule has 0 N–H and O–H groups in total. The molecule has 0 aromatic heterocycles. The van der Waals surface area contributed by atoms with E-state index in [4.69, 9.17) is 0 Å². The van der Waals surface area contributed by atoms with Gasteiger partial charge in [-0.3, -0.25) is 4.79 Å². The minimum Gasteiger partial charge on any atom is -0.289 e. The molecule has 0 saturated carbocycles. The Balaban J connectivity index is 1.97. The van der Waals surface area contributed by atoms with E-state index in [0.29, 0.717) is 11.8 Å². The summed E-state index contributed by atoms with van der Waals surface area (Å²) in [5, 5.41) is 0. The maximum atomic E-state index is 12.5. The highest BCUT2D eigenvalue weighted by Gasteiger charge is 2.26. The van der Waals surface area contributed by atoms with E-state index in [1.165, 1.54) is 17.5 Å². The second kappa shape index (κ2) is 5.24. The van der Waals surface area contributed by atoms with Crippen molar-refractivity contribution in [2.24, 2.45) is 5.92 Å². The third-order valence-electron chi connectivity index (χ3n) is 4.37. The van der Waals surface area contributed by atoms with Crippen molar-refractivity contribution in [3.63, 3.8) is 0 Å². The summed E-state index contributed by atoms with van der Waals surface area (Å²) in [5.41, 5.74) is 4.41. The summed E-state index contributed by atoms with van der Waals surface area (Å²) in [4.78, 5) is 12.5. The van der Waals surface area contributed by atoms with E-state index in [0.717, 1.165) is 17.5 Å². The molecule has 1 heteroatoms. The summed E-state index contributed by atoms with van der Waals surface area (Å²) in [6.45, 7) is 4.54. The zero-order chi connectivity index (χ0) is 14.1. The molecule has 3 rings (SSSR count). The molecule has 1 aliphatic carbocycles. The Morgan fingerprint density at radius 3 is 2.50 bits per heavy atom. The van der Waals surface area contributed by atoms with Crippen molar-refractivity contribution in [2.75, 3.05) is 0 Å². The molecule has 2 aromatic carbocycles. The first-order valence-electron chi connectivity index (χ1n) is 7.39. The summed E-state index contributed by atoms with van der Waals surface area (Å²) >= 11 is 0. The van der Waals surface area contributed by atoms with Crippen LogP contribution in [-0.4, -0.2) is 5.78 Å². The third-order valence-corrected chi connectivity index (χ3v) is 4.37. The Morgan fingerprint density at radius 2 is 1.80 bits per heavy atom. The van der Waals surface area contributed by atoms with Gasteiger partial charge in [-0.25, -0.2) is 0 Å². The number of rotatable bonds is 3. The van der Waals surface area contributed by atoms with E-state index in [1.54, 1.807) is 0 Å². The molecule has 0 radical (unpaired) electrons. The van der Waals surface area contributed by atoms with Crippen LogP contribution in [0.4, 0.5) is 0 Å². The predicted octanol–water partition coefficient (Wildman–Crippen LogP) is 4.60. The number of fused-ring (bicyclic) bond motifs is 1. The number of benzene rings is 2. The van der Waals surface area contributed by atoms with Crippen LogP contribution >= 0.6 is 0 Å². The van der Waals surface area contributed by atoms with Crippen molar-refractivity contribution in [1.82, 2.24) is 0 Å². The lowest BCUT2D eigenvalue weighted by atomic mass is 9.88. The molecule has 0 saturated heterocycles. The smallest absolute Gasteiger partial charge is 0.193 e. The molecule has 2 aromatic rings. The van der Waals surface area contributed by atoms with Gasteiger partial charge in [0.25, 0.3) is 0 Å². The van der Waals surface area contributed by atoms with Crippen LogP contribution in [0, 0.1) is 5.92 Å². The largest absolute Gasteiger partial charge is 0.289 e. The van der Waals surface area contributed by atoms with Crippen molar-refractivity contribution >= 4 is 5.78 Å². The van der Waals surface area contributed by atoms with Gasteiger partial charge in [-0.1, -0.05) is 56.3 Å².